The molecular formula is C15H15F2NO. The number of nitrogens with two attached hydrogens (primary N) is 1. The fourth-order valence-electron chi connectivity index (χ4n) is 1.82. The van der Waals surface area contributed by atoms with Crippen LogP contribution in [0.3, 0.4) is 0 Å². The van der Waals surface area contributed by atoms with E-state index in [-0.39, 0.29) is 6.61 Å². The summed E-state index contributed by atoms with van der Waals surface area (Å²) in [5.74, 6) is -0.586. The van der Waals surface area contributed by atoms with Gasteiger partial charge in [0.2, 0.25) is 0 Å². The van der Waals surface area contributed by atoms with Crippen molar-refractivity contribution in [2.45, 2.75) is 20.5 Å². The average Bonchev–Trinajstić information content (AvgIpc) is 2.34. The molecule has 0 aliphatic heterocycles. The third-order valence-corrected chi connectivity index (χ3v) is 2.98. The van der Waals surface area contributed by atoms with Gasteiger partial charge in [0, 0.05) is 17.3 Å². The molecule has 0 aromatic heterocycles. The lowest BCUT2D eigenvalue weighted by Crippen LogP contribution is -2.01. The predicted octanol–water partition coefficient (Wildman–Crippen LogP) is 3.74. The number of halogens is 2. The zero-order valence-electron chi connectivity index (χ0n) is 10.8. The average molecular weight is 263 g/mol. The minimum absolute atomic E-state index is 0.0505. The first-order chi connectivity index (χ1) is 8.97. The second-order valence-electron chi connectivity index (χ2n) is 4.50. The topological polar surface area (TPSA) is 35.2 Å². The van der Waals surface area contributed by atoms with Crippen LogP contribution in [0.4, 0.5) is 14.5 Å². The summed E-state index contributed by atoms with van der Waals surface area (Å²) in [6, 6.07) is 7.02. The Morgan fingerprint density at radius 2 is 1.68 bits per heavy atom. The van der Waals surface area contributed by atoms with Crippen molar-refractivity contribution in [2.24, 2.45) is 0 Å². The molecule has 0 spiro atoms. The Bertz CT molecular complexity index is 588. The summed E-state index contributed by atoms with van der Waals surface area (Å²) in [7, 11) is 0. The van der Waals surface area contributed by atoms with E-state index in [2.05, 4.69) is 0 Å². The molecular weight excluding hydrogens is 248 g/mol. The molecule has 100 valence electrons. The summed E-state index contributed by atoms with van der Waals surface area (Å²) < 4.78 is 31.7. The molecule has 0 bridgehead atoms. The highest BCUT2D eigenvalue weighted by molar-refractivity contribution is 5.56. The van der Waals surface area contributed by atoms with E-state index in [1.54, 1.807) is 12.1 Å². The maximum atomic E-state index is 13.4. The Morgan fingerprint density at radius 1 is 1.05 bits per heavy atom. The van der Waals surface area contributed by atoms with Gasteiger partial charge < -0.3 is 10.5 Å². The molecule has 0 atom stereocenters. The molecule has 0 aliphatic rings. The van der Waals surface area contributed by atoms with Gasteiger partial charge in [0.25, 0.3) is 0 Å². The number of hydrogen-bond donors (Lipinski definition) is 1. The van der Waals surface area contributed by atoms with Crippen molar-refractivity contribution in [2.75, 3.05) is 5.73 Å². The summed E-state index contributed by atoms with van der Waals surface area (Å²) in [4.78, 5) is 0. The van der Waals surface area contributed by atoms with E-state index in [4.69, 9.17) is 10.5 Å². The summed E-state index contributed by atoms with van der Waals surface area (Å²) in [6.07, 6.45) is 0. The monoisotopic (exact) mass is 263 g/mol. The van der Waals surface area contributed by atoms with E-state index < -0.39 is 11.6 Å². The molecule has 0 fully saturated rings. The molecule has 0 aliphatic carbocycles. The van der Waals surface area contributed by atoms with Gasteiger partial charge in [-0.2, -0.15) is 0 Å². The van der Waals surface area contributed by atoms with Crippen molar-refractivity contribution < 1.29 is 13.5 Å². The highest BCUT2D eigenvalue weighted by atomic mass is 19.1. The largest absolute Gasteiger partial charge is 0.489 e. The maximum Gasteiger partial charge on any atom is 0.132 e. The lowest BCUT2D eigenvalue weighted by Gasteiger charge is -2.11. The number of nitrogen functional groups attached to an aromatic ring is 1. The second-order valence-corrected chi connectivity index (χ2v) is 4.50. The minimum Gasteiger partial charge on any atom is -0.489 e. The molecule has 0 saturated heterocycles. The van der Waals surface area contributed by atoms with Gasteiger partial charge in [0.15, 0.2) is 0 Å². The Kier molecular flexibility index (Phi) is 3.69. The normalized spacial score (nSPS) is 10.5. The number of rotatable bonds is 3. The fourth-order valence-corrected chi connectivity index (χ4v) is 1.82. The van der Waals surface area contributed by atoms with Gasteiger partial charge in [-0.3, -0.25) is 0 Å². The van der Waals surface area contributed by atoms with Crippen molar-refractivity contribution in [3.63, 3.8) is 0 Å². The van der Waals surface area contributed by atoms with Crippen LogP contribution in [0.1, 0.15) is 16.7 Å². The smallest absolute Gasteiger partial charge is 0.132 e. The first kappa shape index (κ1) is 13.3. The summed E-state index contributed by atoms with van der Waals surface area (Å²) in [6.45, 7) is 3.82. The molecule has 0 saturated carbocycles. The van der Waals surface area contributed by atoms with Crippen LogP contribution in [0.15, 0.2) is 30.3 Å². The second kappa shape index (κ2) is 5.26. The number of hydrogen-bond acceptors (Lipinski definition) is 2. The van der Waals surface area contributed by atoms with Gasteiger partial charge in [0.1, 0.15) is 24.0 Å². The van der Waals surface area contributed by atoms with Crippen molar-refractivity contribution in [3.05, 3.63) is 58.7 Å². The zero-order chi connectivity index (χ0) is 14.0. The molecule has 2 rings (SSSR count). The number of anilines is 1. The first-order valence-corrected chi connectivity index (χ1v) is 5.91. The predicted molar refractivity (Wildman–Crippen MR) is 71.0 cm³/mol. The Balaban J connectivity index is 2.14. The molecule has 2 nitrogen and oxygen atoms in total. The van der Waals surface area contributed by atoms with Crippen molar-refractivity contribution in [3.8, 4) is 5.75 Å². The zero-order valence-corrected chi connectivity index (χ0v) is 10.8. The van der Waals surface area contributed by atoms with Crippen LogP contribution in [0.25, 0.3) is 0 Å². The van der Waals surface area contributed by atoms with Crippen LogP contribution in [0, 0.1) is 25.5 Å². The fraction of sp³-hybridized carbons (Fsp3) is 0.200. The van der Waals surface area contributed by atoms with Crippen molar-refractivity contribution >= 4 is 5.69 Å². The minimum atomic E-state index is -0.608. The Hall–Kier alpha value is -2.10. The molecule has 0 unspecified atom stereocenters. The van der Waals surface area contributed by atoms with Gasteiger partial charge in [-0.1, -0.05) is 0 Å². The van der Waals surface area contributed by atoms with Crippen LogP contribution in [0.5, 0.6) is 5.75 Å². The lowest BCUT2D eigenvalue weighted by molar-refractivity contribution is 0.299. The highest BCUT2D eigenvalue weighted by Crippen LogP contribution is 2.24. The van der Waals surface area contributed by atoms with Crippen LogP contribution in [-0.2, 0) is 6.61 Å². The van der Waals surface area contributed by atoms with E-state index in [9.17, 15) is 8.78 Å². The van der Waals surface area contributed by atoms with Crippen LogP contribution < -0.4 is 10.5 Å². The van der Waals surface area contributed by atoms with Crippen molar-refractivity contribution in [1.29, 1.82) is 0 Å². The number of aryl methyl sites for hydroxylation is 2. The van der Waals surface area contributed by atoms with Crippen LogP contribution >= 0.6 is 0 Å². The van der Waals surface area contributed by atoms with E-state index in [1.807, 2.05) is 13.8 Å². The third-order valence-electron chi connectivity index (χ3n) is 2.98. The van der Waals surface area contributed by atoms with E-state index in [0.29, 0.717) is 11.3 Å². The quantitative estimate of drug-likeness (QED) is 0.856. The van der Waals surface area contributed by atoms with Gasteiger partial charge in [-0.15, -0.1) is 0 Å². The van der Waals surface area contributed by atoms with E-state index in [1.165, 1.54) is 12.1 Å². The number of ether oxygens (including phenoxy) is 1. The summed E-state index contributed by atoms with van der Waals surface area (Å²) >= 11 is 0. The van der Waals surface area contributed by atoms with Crippen molar-refractivity contribution in [1.82, 2.24) is 0 Å². The Morgan fingerprint density at radius 3 is 2.26 bits per heavy atom. The van der Waals surface area contributed by atoms with Gasteiger partial charge in [0.05, 0.1) is 0 Å². The SMILES string of the molecule is Cc1cc(OCc2ccc(F)cc2F)cc(C)c1N. The summed E-state index contributed by atoms with van der Waals surface area (Å²) in [5.41, 5.74) is 8.70. The van der Waals surface area contributed by atoms with Gasteiger partial charge in [-0.25, -0.2) is 8.78 Å². The highest BCUT2D eigenvalue weighted by Gasteiger charge is 2.06. The van der Waals surface area contributed by atoms with E-state index in [0.717, 1.165) is 22.9 Å². The first-order valence-electron chi connectivity index (χ1n) is 5.91. The third kappa shape index (κ3) is 3.02. The molecule has 2 aromatic carbocycles. The molecule has 0 heterocycles. The van der Waals surface area contributed by atoms with Gasteiger partial charge >= 0.3 is 0 Å². The molecule has 4 heteroatoms. The Labute approximate surface area is 110 Å². The maximum absolute atomic E-state index is 13.4. The van der Waals surface area contributed by atoms with E-state index >= 15 is 0 Å². The van der Waals surface area contributed by atoms with Crippen LogP contribution in [0.2, 0.25) is 0 Å². The molecule has 0 radical (unpaired) electrons. The number of benzene rings is 2. The lowest BCUT2D eigenvalue weighted by atomic mass is 10.1. The molecule has 19 heavy (non-hydrogen) atoms. The van der Waals surface area contributed by atoms with Crippen LogP contribution in [-0.4, -0.2) is 0 Å². The molecule has 0 amide bonds. The molecule has 2 aromatic rings. The van der Waals surface area contributed by atoms with Gasteiger partial charge in [-0.05, 0) is 49.2 Å². The molecule has 2 N–H and O–H groups in total. The standard InChI is InChI=1S/C15H15F2NO/c1-9-5-13(6-10(2)15(9)18)19-8-11-3-4-12(16)7-14(11)17/h3-7H,8,18H2,1-2H3. The summed E-state index contributed by atoms with van der Waals surface area (Å²) in [5, 5.41) is 0.